The minimum atomic E-state index is -0.921. The van der Waals surface area contributed by atoms with Crippen LogP contribution in [0.2, 0.25) is 0 Å². The average Bonchev–Trinajstić information content (AvgIpc) is 3.65. The van der Waals surface area contributed by atoms with Gasteiger partial charge in [-0.25, -0.2) is 4.79 Å². The van der Waals surface area contributed by atoms with Crippen LogP contribution in [0, 0.1) is 11.3 Å². The zero-order valence-electron chi connectivity index (χ0n) is 23.9. The molecule has 6 rings (SSSR count). The van der Waals surface area contributed by atoms with Gasteiger partial charge in [-0.05, 0) is 68.7 Å². The van der Waals surface area contributed by atoms with E-state index in [1.165, 1.54) is 22.3 Å². The van der Waals surface area contributed by atoms with Gasteiger partial charge in [-0.1, -0.05) is 48.5 Å². The summed E-state index contributed by atoms with van der Waals surface area (Å²) < 4.78 is 5.47. The summed E-state index contributed by atoms with van der Waals surface area (Å²) in [5, 5.41) is 12.4. The summed E-state index contributed by atoms with van der Waals surface area (Å²) in [6.45, 7) is 6.57. The maximum atomic E-state index is 14.0. The smallest absolute Gasteiger partial charge is 0.408 e. The molecule has 2 aromatic rings. The molecule has 0 saturated carbocycles. The molecule has 3 amide bonds. The van der Waals surface area contributed by atoms with Gasteiger partial charge in [0.25, 0.3) is 0 Å². The number of carbonyl (C=O) groups excluding carboxylic acids is 3. The predicted octanol–water partition coefficient (Wildman–Crippen LogP) is 3.37. The predicted molar refractivity (Wildman–Crippen MR) is 152 cm³/mol. The molecule has 3 fully saturated rings. The van der Waals surface area contributed by atoms with Gasteiger partial charge >= 0.3 is 6.09 Å². The van der Waals surface area contributed by atoms with E-state index < -0.39 is 23.8 Å². The molecule has 4 aliphatic rings. The summed E-state index contributed by atoms with van der Waals surface area (Å²) in [5.41, 5.74) is 4.11. The van der Waals surface area contributed by atoms with Crippen molar-refractivity contribution in [2.24, 2.45) is 0 Å². The van der Waals surface area contributed by atoms with Crippen LogP contribution in [0.1, 0.15) is 68.3 Å². The highest BCUT2D eigenvalue weighted by Gasteiger charge is 2.54. The molecule has 9 nitrogen and oxygen atoms in total. The van der Waals surface area contributed by atoms with E-state index in [1.807, 2.05) is 17.0 Å². The van der Waals surface area contributed by atoms with Crippen molar-refractivity contribution in [1.29, 1.82) is 5.26 Å². The lowest BCUT2D eigenvalue weighted by Crippen LogP contribution is -2.59. The molecule has 0 spiro atoms. The lowest BCUT2D eigenvalue weighted by atomic mass is 9.81. The minimum Gasteiger partial charge on any atom is -0.444 e. The van der Waals surface area contributed by atoms with Gasteiger partial charge in [0, 0.05) is 25.7 Å². The quantitative estimate of drug-likeness (QED) is 0.607. The van der Waals surface area contributed by atoms with Crippen LogP contribution in [-0.4, -0.2) is 82.0 Å². The van der Waals surface area contributed by atoms with Crippen LogP contribution in [0.15, 0.2) is 48.5 Å². The van der Waals surface area contributed by atoms with Crippen molar-refractivity contribution < 1.29 is 19.1 Å². The van der Waals surface area contributed by atoms with Crippen molar-refractivity contribution in [2.45, 2.75) is 82.3 Å². The zero-order valence-corrected chi connectivity index (χ0v) is 23.9. The number of rotatable bonds is 5. The number of nitrogens with one attached hydrogen (secondary N) is 1. The maximum absolute atomic E-state index is 14.0. The fraction of sp³-hybridized carbons (Fsp3) is 0.500. The summed E-state index contributed by atoms with van der Waals surface area (Å²) in [7, 11) is 0. The number of amides is 3. The van der Waals surface area contributed by atoms with Crippen LogP contribution in [0.5, 0.6) is 0 Å². The largest absolute Gasteiger partial charge is 0.444 e. The SMILES string of the molecule is CC(C)(C)OC(=O)N[C@@H](CN1C[C@@H]2C[C@H]1C(=O)N2C1c2ccccc2Cc2ccccc21)C(=O)N1CCC[C@H]1C#N. The molecule has 214 valence electrons. The average molecular weight is 556 g/mol. The number of carbonyl (C=O) groups is 3. The molecule has 9 heteroatoms. The maximum Gasteiger partial charge on any atom is 0.408 e. The number of ether oxygens (including phenoxy) is 1. The van der Waals surface area contributed by atoms with Crippen molar-refractivity contribution in [3.05, 3.63) is 70.8 Å². The first-order valence-electron chi connectivity index (χ1n) is 14.6. The highest BCUT2D eigenvalue weighted by molar-refractivity contribution is 5.89. The van der Waals surface area contributed by atoms with Crippen molar-refractivity contribution in [2.75, 3.05) is 19.6 Å². The standard InChI is InChI=1S/C32H37N5O4/c1-32(2,3)41-31(40)34-26(29(38)36-14-8-11-22(36)17-33)19-35-18-23-16-27(35)30(39)37(23)28-24-12-6-4-9-20(24)15-21-10-5-7-13-25(21)28/h4-7,9-10,12-13,22-23,26-28H,8,11,14-16,18-19H2,1-3H3,(H,34,40)/t22-,23-,26-,27-/m0/s1. The van der Waals surface area contributed by atoms with Gasteiger partial charge < -0.3 is 19.9 Å². The zero-order chi connectivity index (χ0) is 28.9. The number of hydrogen-bond acceptors (Lipinski definition) is 6. The Labute approximate surface area is 241 Å². The van der Waals surface area contributed by atoms with Gasteiger partial charge in [-0.3, -0.25) is 14.5 Å². The van der Waals surface area contributed by atoms with E-state index in [9.17, 15) is 19.6 Å². The van der Waals surface area contributed by atoms with Crippen LogP contribution >= 0.6 is 0 Å². The molecule has 0 aromatic heterocycles. The van der Waals surface area contributed by atoms with Gasteiger partial charge in [-0.15, -0.1) is 0 Å². The van der Waals surface area contributed by atoms with Crippen molar-refractivity contribution in [3.8, 4) is 6.07 Å². The fourth-order valence-electron chi connectivity index (χ4n) is 7.06. The number of piperazine rings is 1. The summed E-state index contributed by atoms with van der Waals surface area (Å²) in [4.78, 5) is 46.1. The molecule has 3 saturated heterocycles. The normalized spacial score (nSPS) is 24.5. The Morgan fingerprint density at radius 2 is 1.76 bits per heavy atom. The Morgan fingerprint density at radius 1 is 1.10 bits per heavy atom. The molecule has 1 N–H and O–H groups in total. The number of alkyl carbamates (subject to hydrolysis) is 1. The van der Waals surface area contributed by atoms with E-state index in [0.29, 0.717) is 25.9 Å². The lowest BCUT2D eigenvalue weighted by molar-refractivity contribution is -0.141. The van der Waals surface area contributed by atoms with Gasteiger partial charge in [-0.2, -0.15) is 5.26 Å². The Morgan fingerprint density at radius 3 is 2.37 bits per heavy atom. The highest BCUT2D eigenvalue weighted by Crippen LogP contribution is 2.45. The Bertz CT molecular complexity index is 1370. The number of hydrogen-bond donors (Lipinski definition) is 1. The van der Waals surface area contributed by atoms with E-state index in [1.54, 1.807) is 25.7 Å². The van der Waals surface area contributed by atoms with E-state index in [0.717, 1.165) is 12.8 Å². The summed E-state index contributed by atoms with van der Waals surface area (Å²) in [6.07, 6.45) is 2.21. The monoisotopic (exact) mass is 555 g/mol. The molecule has 41 heavy (non-hydrogen) atoms. The first-order chi connectivity index (χ1) is 19.6. The van der Waals surface area contributed by atoms with Crippen LogP contribution < -0.4 is 5.32 Å². The highest BCUT2D eigenvalue weighted by atomic mass is 16.6. The first kappa shape index (κ1) is 27.3. The molecule has 4 atom stereocenters. The van der Waals surface area contributed by atoms with E-state index in [4.69, 9.17) is 4.74 Å². The van der Waals surface area contributed by atoms with E-state index in [2.05, 4.69) is 52.7 Å². The minimum absolute atomic E-state index is 0.00682. The molecule has 0 unspecified atom stereocenters. The number of benzene rings is 2. The number of nitrogens with zero attached hydrogens (tertiary/aromatic N) is 4. The Hall–Kier alpha value is -3.90. The number of nitriles is 1. The van der Waals surface area contributed by atoms with Gasteiger partial charge in [0.2, 0.25) is 11.8 Å². The topological polar surface area (TPSA) is 106 Å². The third-order valence-electron chi connectivity index (χ3n) is 8.76. The second kappa shape index (κ2) is 10.5. The molecular weight excluding hydrogens is 518 g/mol. The summed E-state index contributed by atoms with van der Waals surface area (Å²) in [5.74, 6) is -0.251. The van der Waals surface area contributed by atoms with Gasteiger partial charge in [0.05, 0.1) is 18.2 Å². The van der Waals surface area contributed by atoms with E-state index in [-0.39, 0.29) is 36.5 Å². The van der Waals surface area contributed by atoms with Crippen LogP contribution in [0.4, 0.5) is 4.79 Å². The molecular formula is C32H37N5O4. The van der Waals surface area contributed by atoms with Crippen molar-refractivity contribution >= 4 is 17.9 Å². The van der Waals surface area contributed by atoms with Crippen molar-refractivity contribution in [1.82, 2.24) is 20.0 Å². The van der Waals surface area contributed by atoms with Crippen LogP contribution in [-0.2, 0) is 20.7 Å². The first-order valence-corrected chi connectivity index (χ1v) is 14.6. The number of likely N-dealkylation sites (tertiary alicyclic amines) is 3. The molecule has 3 aliphatic heterocycles. The third kappa shape index (κ3) is 5.06. The summed E-state index contributed by atoms with van der Waals surface area (Å²) in [6, 6.07) is 17.0. The lowest BCUT2D eigenvalue weighted by Gasteiger charge is -2.42. The Balaban J connectivity index is 1.24. The second-order valence-corrected chi connectivity index (χ2v) is 12.6. The molecule has 3 heterocycles. The second-order valence-electron chi connectivity index (χ2n) is 12.6. The molecule has 1 aliphatic carbocycles. The van der Waals surface area contributed by atoms with Crippen LogP contribution in [0.25, 0.3) is 0 Å². The molecule has 0 radical (unpaired) electrons. The third-order valence-corrected chi connectivity index (χ3v) is 8.76. The van der Waals surface area contributed by atoms with Crippen molar-refractivity contribution in [3.63, 3.8) is 0 Å². The van der Waals surface area contributed by atoms with Gasteiger partial charge in [0.1, 0.15) is 17.7 Å². The Kier molecular flexibility index (Phi) is 6.98. The fourth-order valence-corrected chi connectivity index (χ4v) is 7.06. The van der Waals surface area contributed by atoms with E-state index >= 15 is 0 Å². The number of fused-ring (bicyclic) bond motifs is 4. The van der Waals surface area contributed by atoms with Crippen LogP contribution in [0.3, 0.4) is 0 Å². The molecule has 2 bridgehead atoms. The summed E-state index contributed by atoms with van der Waals surface area (Å²) >= 11 is 0. The van der Waals surface area contributed by atoms with Gasteiger partial charge in [0.15, 0.2) is 0 Å². The molecule has 2 aromatic carbocycles.